The van der Waals surface area contributed by atoms with Gasteiger partial charge in [0, 0.05) is 24.5 Å². The molecule has 1 aliphatic carbocycles. The zero-order valence-electron chi connectivity index (χ0n) is 26.4. The predicted molar refractivity (Wildman–Crippen MR) is 182 cm³/mol. The van der Waals surface area contributed by atoms with E-state index in [4.69, 9.17) is 0 Å². The summed E-state index contributed by atoms with van der Waals surface area (Å²) in [5.74, 6) is 0. The number of rotatable bonds is 23. The average Bonchev–Trinajstić information content (AvgIpc) is 2.96. The van der Waals surface area contributed by atoms with E-state index in [1.54, 1.807) is 5.57 Å². The van der Waals surface area contributed by atoms with E-state index in [1.807, 2.05) is 0 Å². The molecule has 0 amide bonds. The van der Waals surface area contributed by atoms with Gasteiger partial charge < -0.3 is 10.6 Å². The predicted octanol–water partition coefficient (Wildman–Crippen LogP) is 11.8. The fraction of sp³-hybridized carbons (Fsp3) is 0.579. The van der Waals surface area contributed by atoms with Crippen LogP contribution in [-0.2, 0) is 0 Å². The first-order valence-electron chi connectivity index (χ1n) is 16.5. The first-order valence-corrected chi connectivity index (χ1v) is 16.5. The van der Waals surface area contributed by atoms with E-state index < -0.39 is 0 Å². The van der Waals surface area contributed by atoms with Crippen LogP contribution in [0.5, 0.6) is 0 Å². The highest BCUT2D eigenvalue weighted by atomic mass is 14.9. The van der Waals surface area contributed by atoms with Crippen molar-refractivity contribution >= 4 is 17.3 Å². The Morgan fingerprint density at radius 3 is 1.95 bits per heavy atom. The molecule has 0 atom stereocenters. The van der Waals surface area contributed by atoms with Gasteiger partial charge in [0.05, 0.1) is 0 Å². The molecule has 40 heavy (non-hydrogen) atoms. The molecule has 1 aromatic carbocycles. The average molecular weight is 545 g/mol. The van der Waals surface area contributed by atoms with Gasteiger partial charge in [-0.1, -0.05) is 139 Å². The summed E-state index contributed by atoms with van der Waals surface area (Å²) in [6, 6.07) is 6.62. The van der Waals surface area contributed by atoms with E-state index in [1.165, 1.54) is 125 Å². The third-order valence-electron chi connectivity index (χ3n) is 8.12. The van der Waals surface area contributed by atoms with Crippen LogP contribution in [0.15, 0.2) is 66.4 Å². The minimum Gasteiger partial charge on any atom is -0.385 e. The van der Waals surface area contributed by atoms with Crippen LogP contribution in [0.25, 0.3) is 11.6 Å². The highest BCUT2D eigenvalue weighted by molar-refractivity contribution is 5.74. The van der Waals surface area contributed by atoms with Crippen LogP contribution < -0.4 is 10.6 Å². The SMILES string of the molecule is C=C(NCCCCCCCCCCCCCCCCNc1ccc(C(=C)C)c(/C=C/C)c1)C1=CCCC(CC)=C1. The van der Waals surface area contributed by atoms with Crippen LogP contribution in [0.2, 0.25) is 0 Å². The van der Waals surface area contributed by atoms with Gasteiger partial charge >= 0.3 is 0 Å². The van der Waals surface area contributed by atoms with Crippen molar-refractivity contribution in [1.29, 1.82) is 0 Å². The number of nitrogens with one attached hydrogen (secondary N) is 2. The Hall–Kier alpha value is -2.48. The van der Waals surface area contributed by atoms with E-state index in [2.05, 4.69) is 87.1 Å². The van der Waals surface area contributed by atoms with Crippen LogP contribution in [0, 0.1) is 0 Å². The van der Waals surface area contributed by atoms with Gasteiger partial charge in [-0.15, -0.1) is 0 Å². The minimum absolute atomic E-state index is 1.06. The highest BCUT2D eigenvalue weighted by Crippen LogP contribution is 2.24. The van der Waals surface area contributed by atoms with Crippen molar-refractivity contribution in [3.05, 3.63) is 77.6 Å². The molecule has 2 heteroatoms. The van der Waals surface area contributed by atoms with Crippen LogP contribution in [-0.4, -0.2) is 13.1 Å². The Bertz CT molecular complexity index is 962. The van der Waals surface area contributed by atoms with Crippen molar-refractivity contribution < 1.29 is 0 Å². The summed E-state index contributed by atoms with van der Waals surface area (Å²) in [6.07, 6.45) is 31.7. The molecule has 0 spiro atoms. The van der Waals surface area contributed by atoms with E-state index in [0.29, 0.717) is 0 Å². The van der Waals surface area contributed by atoms with E-state index in [0.717, 1.165) is 30.8 Å². The fourth-order valence-electron chi connectivity index (χ4n) is 5.58. The van der Waals surface area contributed by atoms with Crippen LogP contribution in [0.1, 0.15) is 141 Å². The summed E-state index contributed by atoms with van der Waals surface area (Å²) in [6.45, 7) is 16.9. The van der Waals surface area contributed by atoms with Crippen molar-refractivity contribution in [3.63, 3.8) is 0 Å². The van der Waals surface area contributed by atoms with Crippen LogP contribution in [0.4, 0.5) is 5.69 Å². The highest BCUT2D eigenvalue weighted by Gasteiger charge is 2.07. The standard InChI is InChI=1S/C38H60N2/c1-6-23-36-31-37(26-27-38(36)32(3)4)40-29-21-19-17-15-13-11-9-8-10-12-14-16-18-20-28-39-33(5)35-25-22-24-34(7-2)30-35/h6,23,25-27,30-31,39-40H,3,5,7-22,24,28-29H2,1-2,4H3/b23-6+. The molecule has 0 radical (unpaired) electrons. The van der Waals surface area contributed by atoms with E-state index in [-0.39, 0.29) is 0 Å². The fourth-order valence-corrected chi connectivity index (χ4v) is 5.58. The topological polar surface area (TPSA) is 24.1 Å². The molecule has 0 heterocycles. The molecule has 2 N–H and O–H groups in total. The number of anilines is 1. The summed E-state index contributed by atoms with van der Waals surface area (Å²) in [4.78, 5) is 0. The van der Waals surface area contributed by atoms with Crippen molar-refractivity contribution in [2.75, 3.05) is 18.4 Å². The van der Waals surface area contributed by atoms with E-state index >= 15 is 0 Å². The minimum atomic E-state index is 1.06. The van der Waals surface area contributed by atoms with Gasteiger partial charge in [0.1, 0.15) is 0 Å². The zero-order valence-corrected chi connectivity index (χ0v) is 26.4. The lowest BCUT2D eigenvalue weighted by atomic mass is 9.96. The van der Waals surface area contributed by atoms with Crippen molar-refractivity contribution in [2.24, 2.45) is 0 Å². The van der Waals surface area contributed by atoms with Gasteiger partial charge in [0.15, 0.2) is 0 Å². The lowest BCUT2D eigenvalue weighted by Crippen LogP contribution is -2.15. The number of hydrogen-bond acceptors (Lipinski definition) is 2. The van der Waals surface area contributed by atoms with Gasteiger partial charge in [-0.2, -0.15) is 0 Å². The summed E-state index contributed by atoms with van der Waals surface area (Å²) in [7, 11) is 0. The lowest BCUT2D eigenvalue weighted by molar-refractivity contribution is 0.533. The number of unbranched alkanes of at least 4 members (excludes halogenated alkanes) is 13. The third-order valence-corrected chi connectivity index (χ3v) is 8.12. The Balaban J connectivity index is 1.34. The maximum atomic E-state index is 4.25. The molecule has 0 aromatic heterocycles. The second-order valence-electron chi connectivity index (χ2n) is 11.7. The first kappa shape index (κ1) is 33.7. The molecular formula is C38H60N2. The molecule has 0 saturated carbocycles. The van der Waals surface area contributed by atoms with Crippen LogP contribution in [0.3, 0.4) is 0 Å². The molecule has 1 aliphatic rings. The maximum Gasteiger partial charge on any atom is 0.0346 e. The zero-order chi connectivity index (χ0) is 28.8. The molecule has 0 saturated heterocycles. The van der Waals surface area contributed by atoms with Crippen molar-refractivity contribution in [2.45, 2.75) is 130 Å². The van der Waals surface area contributed by atoms with Crippen molar-refractivity contribution in [3.8, 4) is 0 Å². The quantitative estimate of drug-likeness (QED) is 0.134. The monoisotopic (exact) mass is 544 g/mol. The Morgan fingerprint density at radius 1 is 0.825 bits per heavy atom. The van der Waals surface area contributed by atoms with Crippen molar-refractivity contribution in [1.82, 2.24) is 5.32 Å². The molecule has 2 nitrogen and oxygen atoms in total. The van der Waals surface area contributed by atoms with Crippen LogP contribution >= 0.6 is 0 Å². The number of benzene rings is 1. The molecule has 2 rings (SSSR count). The second-order valence-corrected chi connectivity index (χ2v) is 11.7. The molecule has 222 valence electrons. The molecule has 0 bridgehead atoms. The lowest BCUT2D eigenvalue weighted by Gasteiger charge is -2.16. The maximum absolute atomic E-state index is 4.25. The molecule has 0 fully saturated rings. The summed E-state index contributed by atoms with van der Waals surface area (Å²) in [5.41, 5.74) is 8.81. The molecule has 0 unspecified atom stereocenters. The summed E-state index contributed by atoms with van der Waals surface area (Å²) >= 11 is 0. The third kappa shape index (κ3) is 14.2. The van der Waals surface area contributed by atoms with Gasteiger partial charge in [0.2, 0.25) is 0 Å². The Kier molecular flexibility index (Phi) is 18.0. The van der Waals surface area contributed by atoms with Gasteiger partial charge in [0.25, 0.3) is 0 Å². The Labute approximate surface area is 248 Å². The normalized spacial score (nSPS) is 13.3. The smallest absolute Gasteiger partial charge is 0.0346 e. The first-order chi connectivity index (χ1) is 19.5. The second kappa shape index (κ2) is 21.3. The molecule has 1 aromatic rings. The van der Waals surface area contributed by atoms with Gasteiger partial charge in [-0.3, -0.25) is 0 Å². The number of allylic oxidation sites excluding steroid dienone is 5. The Morgan fingerprint density at radius 2 is 1.40 bits per heavy atom. The van der Waals surface area contributed by atoms with Gasteiger partial charge in [-0.25, -0.2) is 0 Å². The molecular weight excluding hydrogens is 484 g/mol. The number of hydrogen-bond donors (Lipinski definition) is 2. The van der Waals surface area contributed by atoms with Gasteiger partial charge in [-0.05, 0) is 74.8 Å². The molecule has 0 aliphatic heterocycles. The van der Waals surface area contributed by atoms with E-state index in [9.17, 15) is 0 Å². The summed E-state index contributed by atoms with van der Waals surface area (Å²) in [5, 5.41) is 7.15. The largest absolute Gasteiger partial charge is 0.385 e. The summed E-state index contributed by atoms with van der Waals surface area (Å²) < 4.78 is 0.